The Bertz CT molecular complexity index is 1300. The number of fused-ring (bicyclic) bond motifs is 3. The van der Waals surface area contributed by atoms with Gasteiger partial charge in [0, 0.05) is 37.9 Å². The lowest BCUT2D eigenvalue weighted by atomic mass is 9.81. The third-order valence-corrected chi connectivity index (χ3v) is 6.67. The molecule has 1 N–H and O–H groups in total. The fourth-order valence-corrected chi connectivity index (χ4v) is 5.18. The van der Waals surface area contributed by atoms with E-state index in [1.165, 1.54) is 16.9 Å². The molecule has 0 aliphatic carbocycles. The van der Waals surface area contributed by atoms with Gasteiger partial charge in [0.15, 0.2) is 17.0 Å². The standard InChI is InChI=1S/C27H26N2O7/c1-3-11-28-19-8-5-4-7-18(19)27(26(28)33)22(24(31)25(32)29(27)12-6-13-34-2)23(30)17-9-10-20-21(16-17)36-15-14-35-20/h3-5,7-10,16,30H,1,6,11-15H2,2H3. The van der Waals surface area contributed by atoms with Crippen LogP contribution >= 0.6 is 0 Å². The highest BCUT2D eigenvalue weighted by molar-refractivity contribution is 6.50. The number of benzene rings is 2. The van der Waals surface area contributed by atoms with Crippen LogP contribution in [0, 0.1) is 0 Å². The number of carbonyl (C=O) groups is 3. The first-order valence-corrected chi connectivity index (χ1v) is 11.7. The molecule has 9 nitrogen and oxygen atoms in total. The van der Waals surface area contributed by atoms with E-state index in [4.69, 9.17) is 14.2 Å². The van der Waals surface area contributed by atoms with Crippen molar-refractivity contribution in [3.63, 3.8) is 0 Å². The number of rotatable bonds is 7. The molecule has 0 aromatic heterocycles. The fraction of sp³-hybridized carbons (Fsp3) is 0.296. The first-order valence-electron chi connectivity index (χ1n) is 11.7. The molecule has 0 bridgehead atoms. The molecule has 1 saturated heterocycles. The van der Waals surface area contributed by atoms with Crippen molar-refractivity contribution >= 4 is 29.0 Å². The molecule has 2 amide bonds. The minimum Gasteiger partial charge on any atom is -0.507 e. The number of methoxy groups -OCH3 is 1. The van der Waals surface area contributed by atoms with Crippen molar-refractivity contribution in [2.24, 2.45) is 0 Å². The molecular formula is C27H26N2O7. The maximum atomic E-state index is 14.2. The van der Waals surface area contributed by atoms with Gasteiger partial charge in [0.1, 0.15) is 19.0 Å². The highest BCUT2D eigenvalue weighted by atomic mass is 16.6. The number of aliphatic hydroxyl groups is 1. The SMILES string of the molecule is C=CCN1C(=O)C2(C(=C(O)c3ccc4c(c3)OCCO4)C(=O)C(=O)N2CCCOC)c2ccccc21. The molecule has 3 aliphatic heterocycles. The number of amides is 2. The zero-order chi connectivity index (χ0) is 25.4. The molecule has 1 unspecified atom stereocenters. The Morgan fingerprint density at radius 3 is 2.64 bits per heavy atom. The summed E-state index contributed by atoms with van der Waals surface area (Å²) >= 11 is 0. The van der Waals surface area contributed by atoms with Gasteiger partial charge in [0.05, 0.1) is 11.3 Å². The van der Waals surface area contributed by atoms with Crippen LogP contribution in [0.2, 0.25) is 0 Å². The van der Waals surface area contributed by atoms with Gasteiger partial charge in [-0.3, -0.25) is 14.4 Å². The van der Waals surface area contributed by atoms with Crippen molar-refractivity contribution in [3.8, 4) is 11.5 Å². The number of Topliss-reactive ketones (excluding diaryl/α,β-unsaturated/α-hetero) is 1. The Labute approximate surface area is 208 Å². The van der Waals surface area contributed by atoms with Crippen LogP contribution in [0.3, 0.4) is 0 Å². The van der Waals surface area contributed by atoms with Gasteiger partial charge in [-0.25, -0.2) is 0 Å². The van der Waals surface area contributed by atoms with Gasteiger partial charge in [-0.1, -0.05) is 24.3 Å². The molecule has 1 atom stereocenters. The number of para-hydroxylation sites is 1. The average molecular weight is 491 g/mol. The van der Waals surface area contributed by atoms with E-state index >= 15 is 0 Å². The molecule has 0 saturated carbocycles. The minimum atomic E-state index is -1.82. The molecule has 2 aromatic carbocycles. The van der Waals surface area contributed by atoms with Crippen molar-refractivity contribution in [1.82, 2.24) is 4.90 Å². The quantitative estimate of drug-likeness (QED) is 0.209. The molecule has 1 spiro atoms. The maximum absolute atomic E-state index is 14.2. The van der Waals surface area contributed by atoms with Crippen LogP contribution in [0.5, 0.6) is 11.5 Å². The highest BCUT2D eigenvalue weighted by Crippen LogP contribution is 2.53. The Kier molecular flexibility index (Phi) is 6.01. The van der Waals surface area contributed by atoms with Crippen LogP contribution in [-0.2, 0) is 24.7 Å². The summed E-state index contributed by atoms with van der Waals surface area (Å²) in [5.41, 5.74) is -0.855. The second-order valence-electron chi connectivity index (χ2n) is 8.65. The zero-order valence-electron chi connectivity index (χ0n) is 19.9. The summed E-state index contributed by atoms with van der Waals surface area (Å²) in [5.74, 6) is -1.83. The third kappa shape index (κ3) is 3.30. The summed E-state index contributed by atoms with van der Waals surface area (Å²) in [6, 6.07) is 11.7. The second kappa shape index (κ2) is 9.16. The number of hydrogen-bond acceptors (Lipinski definition) is 7. The maximum Gasteiger partial charge on any atom is 0.296 e. The number of anilines is 1. The van der Waals surface area contributed by atoms with Crippen molar-refractivity contribution < 1.29 is 33.7 Å². The number of nitrogens with zero attached hydrogens (tertiary/aromatic N) is 2. The van der Waals surface area contributed by atoms with E-state index in [2.05, 4.69) is 6.58 Å². The number of aliphatic hydroxyl groups excluding tert-OH is 1. The van der Waals surface area contributed by atoms with Crippen LogP contribution in [0.4, 0.5) is 5.69 Å². The van der Waals surface area contributed by atoms with E-state index in [-0.39, 0.29) is 24.2 Å². The van der Waals surface area contributed by atoms with Crippen LogP contribution in [0.1, 0.15) is 17.5 Å². The first-order chi connectivity index (χ1) is 17.5. The number of ketones is 1. The second-order valence-corrected chi connectivity index (χ2v) is 8.65. The van der Waals surface area contributed by atoms with Crippen molar-refractivity contribution in [1.29, 1.82) is 0 Å². The molecule has 3 heterocycles. The Hall–Kier alpha value is -4.11. The highest BCUT2D eigenvalue weighted by Gasteiger charge is 2.66. The van der Waals surface area contributed by atoms with Gasteiger partial charge in [-0.2, -0.15) is 0 Å². The van der Waals surface area contributed by atoms with Crippen molar-refractivity contribution in [3.05, 3.63) is 71.8 Å². The largest absolute Gasteiger partial charge is 0.507 e. The number of carbonyl (C=O) groups excluding carboxylic acids is 3. The Morgan fingerprint density at radius 2 is 1.89 bits per heavy atom. The number of likely N-dealkylation sites (tertiary alicyclic amines) is 1. The van der Waals surface area contributed by atoms with E-state index in [1.54, 1.807) is 48.5 Å². The lowest BCUT2D eigenvalue weighted by Crippen LogP contribution is -2.52. The van der Waals surface area contributed by atoms with E-state index in [0.29, 0.717) is 49.0 Å². The Balaban J connectivity index is 1.76. The van der Waals surface area contributed by atoms with E-state index in [1.807, 2.05) is 0 Å². The third-order valence-electron chi connectivity index (χ3n) is 6.67. The summed E-state index contributed by atoms with van der Waals surface area (Å²) in [6.45, 7) is 5.07. The first kappa shape index (κ1) is 23.6. The summed E-state index contributed by atoms with van der Waals surface area (Å²) in [4.78, 5) is 43.9. The average Bonchev–Trinajstić information content (AvgIpc) is 3.27. The summed E-state index contributed by atoms with van der Waals surface area (Å²) in [6.07, 6.45) is 1.97. The summed E-state index contributed by atoms with van der Waals surface area (Å²) in [5, 5.41) is 11.6. The fourth-order valence-electron chi connectivity index (χ4n) is 5.18. The van der Waals surface area contributed by atoms with Crippen molar-refractivity contribution in [2.75, 3.05) is 44.9 Å². The van der Waals surface area contributed by atoms with Gasteiger partial charge in [0.2, 0.25) is 0 Å². The number of ether oxygens (including phenoxy) is 3. The predicted molar refractivity (Wildman–Crippen MR) is 131 cm³/mol. The summed E-state index contributed by atoms with van der Waals surface area (Å²) in [7, 11) is 1.54. The van der Waals surface area contributed by atoms with Gasteiger partial charge in [0.25, 0.3) is 17.6 Å². The van der Waals surface area contributed by atoms with Gasteiger partial charge >= 0.3 is 0 Å². The van der Waals surface area contributed by atoms with E-state index in [9.17, 15) is 19.5 Å². The molecule has 9 heteroatoms. The lowest BCUT2D eigenvalue weighted by molar-refractivity contribution is -0.143. The van der Waals surface area contributed by atoms with E-state index in [0.717, 1.165) is 0 Å². The van der Waals surface area contributed by atoms with Crippen LogP contribution in [-0.4, -0.2) is 67.6 Å². The molecule has 2 aromatic rings. The smallest absolute Gasteiger partial charge is 0.296 e. The predicted octanol–water partition coefficient (Wildman–Crippen LogP) is 2.60. The molecule has 5 rings (SSSR count). The van der Waals surface area contributed by atoms with Crippen molar-refractivity contribution in [2.45, 2.75) is 12.0 Å². The minimum absolute atomic E-state index is 0.0817. The monoisotopic (exact) mass is 490 g/mol. The van der Waals surface area contributed by atoms with Crippen LogP contribution in [0.25, 0.3) is 5.76 Å². The van der Waals surface area contributed by atoms with E-state index < -0.39 is 28.9 Å². The summed E-state index contributed by atoms with van der Waals surface area (Å²) < 4.78 is 16.3. The number of hydrogen-bond donors (Lipinski definition) is 1. The molecule has 1 fully saturated rings. The molecular weight excluding hydrogens is 464 g/mol. The zero-order valence-corrected chi connectivity index (χ0v) is 19.9. The molecule has 3 aliphatic rings. The van der Waals surface area contributed by atoms with Gasteiger partial charge < -0.3 is 29.1 Å². The molecule has 0 radical (unpaired) electrons. The van der Waals surface area contributed by atoms with Crippen LogP contribution < -0.4 is 14.4 Å². The van der Waals surface area contributed by atoms with Gasteiger partial charge in [-0.05, 0) is 30.7 Å². The van der Waals surface area contributed by atoms with Crippen LogP contribution in [0.15, 0.2) is 60.7 Å². The topological polar surface area (TPSA) is 106 Å². The Morgan fingerprint density at radius 1 is 1.14 bits per heavy atom. The normalized spacial score (nSPS) is 21.9. The molecule has 36 heavy (non-hydrogen) atoms. The lowest BCUT2D eigenvalue weighted by Gasteiger charge is -2.34. The van der Waals surface area contributed by atoms with Gasteiger partial charge in [-0.15, -0.1) is 6.58 Å². The molecule has 186 valence electrons.